The van der Waals surface area contributed by atoms with Gasteiger partial charge in [-0.2, -0.15) is 0 Å². The molecular weight excluding hydrogens is 226 g/mol. The third kappa shape index (κ3) is 2.53. The molecule has 1 aromatic carbocycles. The van der Waals surface area contributed by atoms with Crippen molar-refractivity contribution in [3.63, 3.8) is 0 Å². The Balaban J connectivity index is 2.44. The first kappa shape index (κ1) is 12.6. The lowest BCUT2D eigenvalue weighted by Crippen LogP contribution is -2.26. The Morgan fingerprint density at radius 2 is 2.06 bits per heavy atom. The highest BCUT2D eigenvalue weighted by atomic mass is 32.1. The van der Waals surface area contributed by atoms with Crippen LogP contribution in [0.5, 0.6) is 0 Å². The molecule has 1 nitrogen and oxygen atoms in total. The van der Waals surface area contributed by atoms with Gasteiger partial charge in [0.15, 0.2) is 0 Å². The van der Waals surface area contributed by atoms with Crippen LogP contribution in [0.15, 0.2) is 29.6 Å². The van der Waals surface area contributed by atoms with Crippen LogP contribution in [0.4, 0.5) is 0 Å². The van der Waals surface area contributed by atoms with Crippen molar-refractivity contribution >= 4 is 21.4 Å². The second-order valence-electron chi connectivity index (χ2n) is 4.61. The summed E-state index contributed by atoms with van der Waals surface area (Å²) >= 11 is 1.86. The lowest BCUT2D eigenvalue weighted by molar-refractivity contribution is 0.386. The molecule has 0 fully saturated rings. The molecule has 1 aromatic heterocycles. The molecule has 0 saturated carbocycles. The van der Waals surface area contributed by atoms with Crippen LogP contribution in [-0.2, 0) is 0 Å². The minimum Gasteiger partial charge on any atom is -0.310 e. The summed E-state index contributed by atoms with van der Waals surface area (Å²) < 4.78 is 1.44. The predicted molar refractivity (Wildman–Crippen MR) is 77.7 cm³/mol. The van der Waals surface area contributed by atoms with Crippen LogP contribution in [-0.4, -0.2) is 6.54 Å². The summed E-state index contributed by atoms with van der Waals surface area (Å²) in [6.45, 7) is 7.81. The summed E-state index contributed by atoms with van der Waals surface area (Å²) in [7, 11) is 0. The normalized spacial score (nSPS) is 15.0. The fraction of sp³-hybridized carbons (Fsp3) is 0.467. The van der Waals surface area contributed by atoms with Gasteiger partial charge in [0, 0.05) is 10.7 Å². The number of thiophene rings is 1. The molecule has 1 N–H and O–H groups in total. The molecule has 2 heteroatoms. The predicted octanol–water partition coefficient (Wildman–Crippen LogP) is 4.60. The lowest BCUT2D eigenvalue weighted by atomic mass is 9.92. The highest BCUT2D eigenvalue weighted by molar-refractivity contribution is 7.17. The van der Waals surface area contributed by atoms with Gasteiger partial charge in [0.05, 0.1) is 0 Å². The molecule has 0 aliphatic heterocycles. The Kier molecular flexibility index (Phi) is 4.19. The number of benzene rings is 1. The number of rotatable bonds is 5. The molecule has 2 atom stereocenters. The van der Waals surface area contributed by atoms with Gasteiger partial charge in [0.1, 0.15) is 0 Å². The summed E-state index contributed by atoms with van der Waals surface area (Å²) in [5, 5.41) is 7.20. The van der Waals surface area contributed by atoms with E-state index in [0.29, 0.717) is 12.0 Å². The standard InChI is InChI=1S/C15H21NS/c1-4-11(3)14(16-5-2)13-8-6-7-12-9-10-17-15(12)13/h6-11,14,16H,4-5H2,1-3H3. The topological polar surface area (TPSA) is 12.0 Å². The van der Waals surface area contributed by atoms with Gasteiger partial charge in [0.25, 0.3) is 0 Å². The largest absolute Gasteiger partial charge is 0.310 e. The van der Waals surface area contributed by atoms with Gasteiger partial charge in [-0.3, -0.25) is 0 Å². The van der Waals surface area contributed by atoms with E-state index < -0.39 is 0 Å². The fourth-order valence-corrected chi connectivity index (χ4v) is 3.29. The van der Waals surface area contributed by atoms with Gasteiger partial charge in [-0.25, -0.2) is 0 Å². The maximum Gasteiger partial charge on any atom is 0.0390 e. The zero-order chi connectivity index (χ0) is 12.3. The third-order valence-electron chi connectivity index (χ3n) is 3.48. The van der Waals surface area contributed by atoms with E-state index in [1.165, 1.54) is 22.1 Å². The van der Waals surface area contributed by atoms with Crippen molar-refractivity contribution in [1.29, 1.82) is 0 Å². The van der Waals surface area contributed by atoms with Crippen molar-refractivity contribution in [2.24, 2.45) is 5.92 Å². The molecule has 92 valence electrons. The average molecular weight is 247 g/mol. The van der Waals surface area contributed by atoms with Crippen LogP contribution < -0.4 is 5.32 Å². The van der Waals surface area contributed by atoms with E-state index in [4.69, 9.17) is 0 Å². The highest BCUT2D eigenvalue weighted by Gasteiger charge is 2.19. The van der Waals surface area contributed by atoms with Crippen molar-refractivity contribution in [2.45, 2.75) is 33.2 Å². The highest BCUT2D eigenvalue weighted by Crippen LogP contribution is 2.33. The number of nitrogens with one attached hydrogen (secondary N) is 1. The quantitative estimate of drug-likeness (QED) is 0.814. The van der Waals surface area contributed by atoms with Gasteiger partial charge in [-0.05, 0) is 34.9 Å². The van der Waals surface area contributed by atoms with Crippen LogP contribution in [0.3, 0.4) is 0 Å². The molecule has 0 bridgehead atoms. The first-order chi connectivity index (χ1) is 8.27. The van der Waals surface area contributed by atoms with Crippen LogP contribution in [0, 0.1) is 5.92 Å². The number of hydrogen-bond acceptors (Lipinski definition) is 2. The van der Waals surface area contributed by atoms with Gasteiger partial charge in [-0.1, -0.05) is 45.4 Å². The minimum atomic E-state index is 0.479. The zero-order valence-electron chi connectivity index (χ0n) is 10.9. The van der Waals surface area contributed by atoms with Gasteiger partial charge >= 0.3 is 0 Å². The Hall–Kier alpha value is -0.860. The molecule has 1 heterocycles. The summed E-state index contributed by atoms with van der Waals surface area (Å²) in [5.74, 6) is 0.669. The van der Waals surface area contributed by atoms with Gasteiger partial charge in [0.2, 0.25) is 0 Å². The molecule has 0 spiro atoms. The van der Waals surface area contributed by atoms with Crippen molar-refractivity contribution in [2.75, 3.05) is 6.54 Å². The van der Waals surface area contributed by atoms with Crippen LogP contribution in [0.25, 0.3) is 10.1 Å². The van der Waals surface area contributed by atoms with E-state index in [1.54, 1.807) is 0 Å². The molecule has 0 aliphatic carbocycles. The second-order valence-corrected chi connectivity index (χ2v) is 5.52. The van der Waals surface area contributed by atoms with E-state index in [0.717, 1.165) is 6.54 Å². The molecule has 2 aromatic rings. The Bertz CT molecular complexity index is 474. The van der Waals surface area contributed by atoms with Crippen LogP contribution in [0.2, 0.25) is 0 Å². The van der Waals surface area contributed by atoms with Gasteiger partial charge < -0.3 is 5.32 Å². The fourth-order valence-electron chi connectivity index (χ4n) is 2.33. The van der Waals surface area contributed by atoms with Crippen molar-refractivity contribution < 1.29 is 0 Å². The smallest absolute Gasteiger partial charge is 0.0390 e. The Morgan fingerprint density at radius 1 is 1.24 bits per heavy atom. The Labute approximate surface area is 108 Å². The van der Waals surface area contributed by atoms with Crippen LogP contribution >= 0.6 is 11.3 Å². The number of hydrogen-bond donors (Lipinski definition) is 1. The molecule has 0 saturated heterocycles. The monoisotopic (exact) mass is 247 g/mol. The van der Waals surface area contributed by atoms with E-state index in [2.05, 4.69) is 55.7 Å². The summed E-state index contributed by atoms with van der Waals surface area (Å²) in [6.07, 6.45) is 1.21. The number of fused-ring (bicyclic) bond motifs is 1. The second kappa shape index (κ2) is 5.65. The SMILES string of the molecule is CCNC(c1cccc2ccsc12)C(C)CC. The van der Waals surface area contributed by atoms with Gasteiger partial charge in [-0.15, -0.1) is 11.3 Å². The average Bonchev–Trinajstić information content (AvgIpc) is 2.83. The van der Waals surface area contributed by atoms with Crippen molar-refractivity contribution in [3.8, 4) is 0 Å². The maximum atomic E-state index is 3.64. The van der Waals surface area contributed by atoms with E-state index in [-0.39, 0.29) is 0 Å². The minimum absolute atomic E-state index is 0.479. The van der Waals surface area contributed by atoms with Crippen molar-refractivity contribution in [3.05, 3.63) is 35.2 Å². The molecule has 2 unspecified atom stereocenters. The summed E-state index contributed by atoms with van der Waals surface area (Å²) in [5.41, 5.74) is 1.47. The first-order valence-corrected chi connectivity index (χ1v) is 7.35. The molecule has 17 heavy (non-hydrogen) atoms. The Morgan fingerprint density at radius 3 is 2.76 bits per heavy atom. The molecule has 0 aliphatic rings. The van der Waals surface area contributed by atoms with E-state index >= 15 is 0 Å². The van der Waals surface area contributed by atoms with Crippen molar-refractivity contribution in [1.82, 2.24) is 5.32 Å². The summed E-state index contributed by atoms with van der Waals surface area (Å²) in [6, 6.07) is 9.35. The first-order valence-electron chi connectivity index (χ1n) is 6.47. The molecular formula is C15H21NS. The zero-order valence-corrected chi connectivity index (χ0v) is 11.7. The van der Waals surface area contributed by atoms with E-state index in [1.807, 2.05) is 11.3 Å². The lowest BCUT2D eigenvalue weighted by Gasteiger charge is -2.25. The maximum absolute atomic E-state index is 3.64. The van der Waals surface area contributed by atoms with E-state index in [9.17, 15) is 0 Å². The molecule has 0 amide bonds. The third-order valence-corrected chi connectivity index (χ3v) is 4.46. The summed E-state index contributed by atoms with van der Waals surface area (Å²) in [4.78, 5) is 0. The molecule has 0 radical (unpaired) electrons. The van der Waals surface area contributed by atoms with Crippen LogP contribution in [0.1, 0.15) is 38.8 Å². The molecule has 2 rings (SSSR count).